The van der Waals surface area contributed by atoms with Gasteiger partial charge in [-0.25, -0.2) is 0 Å². The van der Waals surface area contributed by atoms with Crippen molar-refractivity contribution in [2.45, 2.75) is 51.2 Å². The lowest BCUT2D eigenvalue weighted by molar-refractivity contribution is 0.174. The third kappa shape index (κ3) is 3.10. The van der Waals surface area contributed by atoms with Crippen LogP contribution in [0.3, 0.4) is 0 Å². The molecular weight excluding hydrogens is 336 g/mol. The van der Waals surface area contributed by atoms with E-state index in [1.54, 1.807) is 0 Å². The van der Waals surface area contributed by atoms with E-state index >= 15 is 0 Å². The fourth-order valence-electron chi connectivity index (χ4n) is 3.81. The maximum atomic E-state index is 6.45. The predicted molar refractivity (Wildman–Crippen MR) is 107 cm³/mol. The molecule has 0 spiro atoms. The minimum atomic E-state index is -0.231. The molecule has 0 aliphatic heterocycles. The molecule has 0 fully saturated rings. The van der Waals surface area contributed by atoms with Gasteiger partial charge >= 0.3 is 0 Å². The third-order valence-electron chi connectivity index (χ3n) is 6.05. The van der Waals surface area contributed by atoms with Crippen LogP contribution >= 0.6 is 0 Å². The van der Waals surface area contributed by atoms with E-state index in [1.807, 2.05) is 22.7 Å². The Morgan fingerprint density at radius 3 is 2.52 bits per heavy atom. The Morgan fingerprint density at radius 2 is 1.78 bits per heavy atom. The van der Waals surface area contributed by atoms with E-state index in [4.69, 9.17) is 4.74 Å². The van der Waals surface area contributed by atoms with Gasteiger partial charge in [-0.15, -0.1) is 10.2 Å². The quantitative estimate of drug-likeness (QED) is 0.681. The third-order valence-corrected chi connectivity index (χ3v) is 6.05. The van der Waals surface area contributed by atoms with Crippen LogP contribution in [0, 0.1) is 0 Å². The minimum Gasteiger partial charge on any atom is -0.484 e. The van der Waals surface area contributed by atoms with Gasteiger partial charge < -0.3 is 4.74 Å². The molecule has 0 saturated carbocycles. The highest BCUT2D eigenvalue weighted by Crippen LogP contribution is 2.39. The van der Waals surface area contributed by atoms with Crippen LogP contribution in [-0.4, -0.2) is 33.6 Å². The maximum Gasteiger partial charge on any atom is 0.161 e. The molecule has 0 amide bonds. The lowest BCUT2D eigenvalue weighted by Crippen LogP contribution is -2.37. The highest BCUT2D eigenvalue weighted by molar-refractivity contribution is 5.43. The van der Waals surface area contributed by atoms with E-state index in [2.05, 4.69) is 74.2 Å². The van der Waals surface area contributed by atoms with Gasteiger partial charge in [0.25, 0.3) is 0 Å². The van der Waals surface area contributed by atoms with Crippen molar-refractivity contribution in [3.05, 3.63) is 59.5 Å². The molecule has 2 aromatic heterocycles. The normalized spacial score (nSPS) is 20.1. The smallest absolute Gasteiger partial charge is 0.161 e. The Hall–Kier alpha value is -2.40. The van der Waals surface area contributed by atoms with E-state index < -0.39 is 0 Å². The molecule has 1 aromatic carbocycles. The van der Waals surface area contributed by atoms with Gasteiger partial charge in [0.05, 0.1) is 11.7 Å². The van der Waals surface area contributed by atoms with Crippen LogP contribution < -0.4 is 4.74 Å². The molecule has 0 bridgehead atoms. The summed E-state index contributed by atoms with van der Waals surface area (Å²) in [6.45, 7) is 6.60. The first-order valence-corrected chi connectivity index (χ1v) is 9.66. The van der Waals surface area contributed by atoms with E-state index in [9.17, 15) is 0 Å². The van der Waals surface area contributed by atoms with Gasteiger partial charge in [-0.05, 0) is 70.0 Å². The van der Waals surface area contributed by atoms with Crippen molar-refractivity contribution in [2.75, 3.05) is 14.1 Å². The number of aromatic nitrogens is 3. The predicted octanol–water partition coefficient (Wildman–Crippen LogP) is 4.54. The summed E-state index contributed by atoms with van der Waals surface area (Å²) in [5.74, 6) is 2.35. The molecule has 5 heteroatoms. The largest absolute Gasteiger partial charge is 0.484 e. The van der Waals surface area contributed by atoms with Gasteiger partial charge in [-0.2, -0.15) is 0 Å². The maximum absolute atomic E-state index is 6.45. The van der Waals surface area contributed by atoms with Crippen LogP contribution in [0.15, 0.2) is 42.6 Å². The number of rotatable bonds is 4. The fraction of sp³-hybridized carbons (Fsp3) is 0.455. The second kappa shape index (κ2) is 6.64. The Bertz CT molecular complexity index is 960. The second-order valence-corrected chi connectivity index (χ2v) is 8.28. The summed E-state index contributed by atoms with van der Waals surface area (Å²) in [6, 6.07) is 12.6. The summed E-state index contributed by atoms with van der Waals surface area (Å²) in [7, 11) is 4.11. The summed E-state index contributed by atoms with van der Waals surface area (Å²) in [4.78, 5) is 2.15. The van der Waals surface area contributed by atoms with Crippen LogP contribution in [0.5, 0.6) is 5.75 Å². The summed E-state index contributed by atoms with van der Waals surface area (Å²) in [6.07, 6.45) is 4.30. The first-order chi connectivity index (χ1) is 12.9. The molecule has 2 unspecified atom stereocenters. The van der Waals surface area contributed by atoms with Crippen molar-refractivity contribution in [3.63, 3.8) is 0 Å². The average molecular weight is 364 g/mol. The molecule has 0 N–H and O–H groups in total. The zero-order valence-electron chi connectivity index (χ0n) is 16.8. The zero-order chi connectivity index (χ0) is 19.2. The van der Waals surface area contributed by atoms with Crippen LogP contribution in [0.2, 0.25) is 0 Å². The van der Waals surface area contributed by atoms with Crippen LogP contribution in [0.25, 0.3) is 5.65 Å². The zero-order valence-corrected chi connectivity index (χ0v) is 16.8. The Balaban J connectivity index is 1.69. The summed E-state index contributed by atoms with van der Waals surface area (Å²) in [5.41, 5.74) is 3.33. The van der Waals surface area contributed by atoms with Gasteiger partial charge in [0, 0.05) is 0 Å². The number of pyridine rings is 1. The first-order valence-electron chi connectivity index (χ1n) is 9.66. The summed E-state index contributed by atoms with van der Waals surface area (Å²) in [5, 5.41) is 8.77. The molecule has 27 heavy (non-hydrogen) atoms. The fourth-order valence-corrected chi connectivity index (χ4v) is 3.81. The van der Waals surface area contributed by atoms with Crippen molar-refractivity contribution in [1.82, 2.24) is 19.5 Å². The number of fused-ring (bicyclic) bond motifs is 2. The standard InChI is InChI=1S/C22H28N4O/c1-15-10-12-19(18-9-7-6-8-17(15)18)27-16-11-13-20-23-24-21(26(20)14-16)22(2,3)25(4)5/h6-9,11,13-15,19H,10,12H2,1-5H3. The van der Waals surface area contributed by atoms with Gasteiger partial charge in [-0.1, -0.05) is 31.2 Å². The number of hydrogen-bond acceptors (Lipinski definition) is 4. The number of ether oxygens (including phenoxy) is 1. The van der Waals surface area contributed by atoms with Crippen molar-refractivity contribution in [2.24, 2.45) is 0 Å². The molecule has 3 aromatic rings. The van der Waals surface area contributed by atoms with Crippen LogP contribution in [0.4, 0.5) is 0 Å². The SMILES string of the molecule is CC1CCC(Oc2ccc3nnc(C(C)(C)N(C)C)n3c2)c2ccccc21. The summed E-state index contributed by atoms with van der Waals surface area (Å²) >= 11 is 0. The van der Waals surface area contributed by atoms with Crippen molar-refractivity contribution in [3.8, 4) is 5.75 Å². The molecule has 142 valence electrons. The molecule has 2 atom stereocenters. The lowest BCUT2D eigenvalue weighted by Gasteiger charge is -2.31. The van der Waals surface area contributed by atoms with Gasteiger partial charge in [0.1, 0.15) is 11.9 Å². The molecule has 1 aliphatic carbocycles. The number of hydrogen-bond donors (Lipinski definition) is 0. The van der Waals surface area contributed by atoms with Crippen molar-refractivity contribution >= 4 is 5.65 Å². The second-order valence-electron chi connectivity index (χ2n) is 8.28. The van der Waals surface area contributed by atoms with E-state index in [0.29, 0.717) is 5.92 Å². The van der Waals surface area contributed by atoms with Gasteiger partial charge in [0.2, 0.25) is 0 Å². The monoisotopic (exact) mass is 364 g/mol. The number of nitrogens with zero attached hydrogens (tertiary/aromatic N) is 4. The molecular formula is C22H28N4O. The molecule has 0 saturated heterocycles. The van der Waals surface area contributed by atoms with Gasteiger partial charge in [-0.3, -0.25) is 9.30 Å². The summed E-state index contributed by atoms with van der Waals surface area (Å²) < 4.78 is 8.49. The highest BCUT2D eigenvalue weighted by Gasteiger charge is 2.29. The number of benzene rings is 1. The highest BCUT2D eigenvalue weighted by atomic mass is 16.5. The van der Waals surface area contributed by atoms with E-state index in [-0.39, 0.29) is 11.6 Å². The molecule has 5 nitrogen and oxygen atoms in total. The molecule has 4 rings (SSSR count). The van der Waals surface area contributed by atoms with Crippen LogP contribution in [-0.2, 0) is 5.54 Å². The van der Waals surface area contributed by atoms with E-state index in [1.165, 1.54) is 11.1 Å². The Morgan fingerprint density at radius 1 is 1.04 bits per heavy atom. The van der Waals surface area contributed by atoms with Crippen molar-refractivity contribution in [1.29, 1.82) is 0 Å². The molecule has 0 radical (unpaired) electrons. The lowest BCUT2D eigenvalue weighted by atomic mass is 9.82. The molecule has 2 heterocycles. The molecule has 1 aliphatic rings. The van der Waals surface area contributed by atoms with Crippen LogP contribution in [0.1, 0.15) is 62.6 Å². The minimum absolute atomic E-state index is 0.0941. The Kier molecular flexibility index (Phi) is 4.42. The average Bonchev–Trinajstić information content (AvgIpc) is 3.08. The topological polar surface area (TPSA) is 42.7 Å². The first kappa shape index (κ1) is 18.0. The Labute approximate surface area is 161 Å². The van der Waals surface area contributed by atoms with Crippen molar-refractivity contribution < 1.29 is 4.74 Å². The van der Waals surface area contributed by atoms with E-state index in [0.717, 1.165) is 30.1 Å². The van der Waals surface area contributed by atoms with Gasteiger partial charge in [0.15, 0.2) is 11.5 Å².